The predicted molar refractivity (Wildman–Crippen MR) is 144 cm³/mol. The first-order valence-corrected chi connectivity index (χ1v) is 14.0. The summed E-state index contributed by atoms with van der Waals surface area (Å²) >= 11 is 0. The maximum Gasteiger partial charge on any atom is 0.333 e. The summed E-state index contributed by atoms with van der Waals surface area (Å²) in [5.41, 5.74) is 0.816. The van der Waals surface area contributed by atoms with Gasteiger partial charge in [-0.25, -0.2) is 4.79 Å². The quantitative estimate of drug-likeness (QED) is 0.265. The van der Waals surface area contributed by atoms with Gasteiger partial charge in [0, 0.05) is 40.2 Å². The molecule has 8 heteroatoms. The number of cyclic esters (lactones) is 1. The average Bonchev–Trinajstić information content (AvgIpc) is 3.52. The van der Waals surface area contributed by atoms with E-state index in [-0.39, 0.29) is 36.9 Å². The number of esters is 3. The molecule has 0 unspecified atom stereocenters. The minimum absolute atomic E-state index is 0.0236. The number of methoxy groups -OCH3 is 1. The lowest BCUT2D eigenvalue weighted by Gasteiger charge is -2.53. The van der Waals surface area contributed by atoms with E-state index in [1.54, 1.807) is 32.4 Å². The van der Waals surface area contributed by atoms with Gasteiger partial charge in [0.2, 0.25) is 0 Å². The smallest absolute Gasteiger partial charge is 0.333 e. The molecule has 2 bridgehead atoms. The molecule has 40 heavy (non-hydrogen) atoms. The first kappa shape index (κ1) is 28.1. The van der Waals surface area contributed by atoms with Crippen LogP contribution in [0.15, 0.2) is 58.0 Å². The van der Waals surface area contributed by atoms with Gasteiger partial charge in [-0.05, 0) is 61.8 Å². The molecule has 8 nitrogen and oxygen atoms in total. The number of ether oxygens (including phenoxy) is 3. The van der Waals surface area contributed by atoms with Crippen molar-refractivity contribution in [3.63, 3.8) is 0 Å². The molecule has 0 spiro atoms. The molecule has 2 heterocycles. The molecule has 214 valence electrons. The molecule has 1 aromatic heterocycles. The van der Waals surface area contributed by atoms with Crippen molar-refractivity contribution in [1.82, 2.24) is 0 Å². The fourth-order valence-electron chi connectivity index (χ4n) is 7.91. The van der Waals surface area contributed by atoms with Crippen molar-refractivity contribution in [2.75, 3.05) is 7.11 Å². The minimum Gasteiger partial charge on any atom is -0.472 e. The number of ketones is 1. The standard InChI is InChI=1S/C32H38O8/c1-7-18(2)29(36)39-25-9-8-20-21(32(5)23(15-26(34)37-6)31(25,4)16-24(32)33)10-12-30(3)22(20)14-27(35)40-28(30)19-11-13-38-17-19/h7-9,11,13,17,21,23,25,28H,10,12,14-16H2,1-6H3/b9-8-,18-7+/t21-,23-,25+,28-,30+,31+,32+/m0/s1. The third-order valence-electron chi connectivity index (χ3n) is 10.4. The Labute approximate surface area is 234 Å². The van der Waals surface area contributed by atoms with Gasteiger partial charge in [0.05, 0.1) is 26.1 Å². The zero-order chi connectivity index (χ0) is 29.0. The molecule has 1 saturated carbocycles. The lowest BCUT2D eigenvalue weighted by Crippen LogP contribution is -2.50. The van der Waals surface area contributed by atoms with Crippen LogP contribution in [-0.2, 0) is 33.4 Å². The van der Waals surface area contributed by atoms with Crippen molar-refractivity contribution in [3.8, 4) is 0 Å². The Kier molecular flexibility index (Phi) is 6.95. The highest BCUT2D eigenvalue weighted by atomic mass is 16.6. The maximum absolute atomic E-state index is 14.1. The summed E-state index contributed by atoms with van der Waals surface area (Å²) in [6.07, 6.45) is 9.05. The van der Waals surface area contributed by atoms with Gasteiger partial charge in [0.1, 0.15) is 18.0 Å². The monoisotopic (exact) mass is 550 g/mol. The predicted octanol–water partition coefficient (Wildman–Crippen LogP) is 5.59. The summed E-state index contributed by atoms with van der Waals surface area (Å²) in [7, 11) is 1.34. The molecule has 4 aliphatic rings. The van der Waals surface area contributed by atoms with E-state index in [0.717, 1.165) is 16.7 Å². The Balaban J connectivity index is 1.72. The first-order valence-electron chi connectivity index (χ1n) is 14.0. The van der Waals surface area contributed by atoms with Crippen molar-refractivity contribution < 1.29 is 37.8 Å². The first-order chi connectivity index (χ1) is 18.9. The van der Waals surface area contributed by atoms with Crippen LogP contribution < -0.4 is 0 Å². The van der Waals surface area contributed by atoms with E-state index in [1.165, 1.54) is 7.11 Å². The molecule has 5 rings (SSSR count). The van der Waals surface area contributed by atoms with Gasteiger partial charge in [0.25, 0.3) is 0 Å². The normalized spacial score (nSPS) is 38.0. The molecule has 0 radical (unpaired) electrons. The molecule has 1 saturated heterocycles. The van der Waals surface area contributed by atoms with E-state index in [4.69, 9.17) is 18.6 Å². The molecular weight excluding hydrogens is 512 g/mol. The fourth-order valence-corrected chi connectivity index (χ4v) is 7.91. The van der Waals surface area contributed by atoms with Gasteiger partial charge in [0.15, 0.2) is 0 Å². The van der Waals surface area contributed by atoms with Crippen LogP contribution in [0.5, 0.6) is 0 Å². The number of fused-ring (bicyclic) bond motifs is 5. The third-order valence-corrected chi connectivity index (χ3v) is 10.4. The third kappa shape index (κ3) is 4.10. The molecule has 0 N–H and O–H groups in total. The highest BCUT2D eigenvalue weighted by molar-refractivity contribution is 5.91. The SMILES string of the molecule is C/C=C(\C)C(=O)O[C@@H]1/C=C\C2=C3CC(=O)O[C@@H](c4ccoc4)[C@]3(C)CC[C@@H]2[C@@]2(C)C(=O)C[C@]1(C)[C@@H]2CC(=O)OC. The molecule has 1 aliphatic heterocycles. The van der Waals surface area contributed by atoms with Gasteiger partial charge in [-0.2, -0.15) is 0 Å². The zero-order valence-corrected chi connectivity index (χ0v) is 24.1. The molecule has 0 aromatic carbocycles. The molecule has 3 aliphatic carbocycles. The summed E-state index contributed by atoms with van der Waals surface area (Å²) in [4.78, 5) is 52.9. The van der Waals surface area contributed by atoms with Crippen LogP contribution in [0.4, 0.5) is 0 Å². The number of carbonyl (C=O) groups excluding carboxylic acids is 4. The number of rotatable bonds is 5. The second-order valence-corrected chi connectivity index (χ2v) is 12.4. The average molecular weight is 551 g/mol. The van der Waals surface area contributed by atoms with E-state index in [0.29, 0.717) is 18.4 Å². The van der Waals surface area contributed by atoms with Gasteiger partial charge in [-0.3, -0.25) is 14.4 Å². The van der Waals surface area contributed by atoms with Crippen LogP contribution in [0.2, 0.25) is 0 Å². The second-order valence-electron chi connectivity index (χ2n) is 12.4. The van der Waals surface area contributed by atoms with E-state index >= 15 is 0 Å². The van der Waals surface area contributed by atoms with E-state index < -0.39 is 46.3 Å². The van der Waals surface area contributed by atoms with Crippen LogP contribution in [0, 0.1) is 28.1 Å². The van der Waals surface area contributed by atoms with Crippen molar-refractivity contribution in [2.45, 2.75) is 78.9 Å². The summed E-state index contributed by atoms with van der Waals surface area (Å²) in [5.74, 6) is -1.85. The topological polar surface area (TPSA) is 109 Å². The Morgan fingerprint density at radius 1 is 1.20 bits per heavy atom. The van der Waals surface area contributed by atoms with Gasteiger partial charge >= 0.3 is 17.9 Å². The maximum atomic E-state index is 14.1. The van der Waals surface area contributed by atoms with E-state index in [1.807, 2.05) is 32.1 Å². The molecule has 7 atom stereocenters. The van der Waals surface area contributed by atoms with Gasteiger partial charge in [-0.1, -0.05) is 32.9 Å². The van der Waals surface area contributed by atoms with Crippen LogP contribution >= 0.6 is 0 Å². The zero-order valence-electron chi connectivity index (χ0n) is 24.1. The molecular formula is C32H38O8. The minimum atomic E-state index is -0.926. The second kappa shape index (κ2) is 9.89. The lowest BCUT2D eigenvalue weighted by atomic mass is 9.52. The molecule has 2 fully saturated rings. The van der Waals surface area contributed by atoms with E-state index in [2.05, 4.69) is 6.92 Å². The number of carbonyl (C=O) groups is 4. The number of furan rings is 1. The highest BCUT2D eigenvalue weighted by Gasteiger charge is 2.66. The Morgan fingerprint density at radius 2 is 1.95 bits per heavy atom. The fraction of sp³-hybridized carbons (Fsp3) is 0.562. The van der Waals surface area contributed by atoms with Crippen molar-refractivity contribution in [3.05, 3.63) is 59.1 Å². The number of hydrogen-bond donors (Lipinski definition) is 0. The van der Waals surface area contributed by atoms with Gasteiger partial charge in [-0.15, -0.1) is 0 Å². The number of allylic oxidation sites excluding steroid dienone is 3. The van der Waals surface area contributed by atoms with Crippen molar-refractivity contribution in [1.29, 1.82) is 0 Å². The Morgan fingerprint density at radius 3 is 2.60 bits per heavy atom. The van der Waals surface area contributed by atoms with Crippen molar-refractivity contribution in [2.24, 2.45) is 28.1 Å². The number of Topliss-reactive ketones (excluding diaryl/α,β-unsaturated/α-hetero) is 1. The highest BCUT2D eigenvalue weighted by Crippen LogP contribution is 2.66. The van der Waals surface area contributed by atoms with E-state index in [9.17, 15) is 19.2 Å². The van der Waals surface area contributed by atoms with Crippen LogP contribution in [-0.4, -0.2) is 36.9 Å². The van der Waals surface area contributed by atoms with Crippen LogP contribution in [0.1, 0.15) is 78.4 Å². The molecule has 0 amide bonds. The number of hydrogen-bond acceptors (Lipinski definition) is 8. The lowest BCUT2D eigenvalue weighted by molar-refractivity contribution is -0.162. The Hall–Kier alpha value is -3.42. The summed E-state index contributed by atoms with van der Waals surface area (Å²) in [6.45, 7) is 9.44. The summed E-state index contributed by atoms with van der Waals surface area (Å²) < 4.78 is 22.4. The summed E-state index contributed by atoms with van der Waals surface area (Å²) in [6, 6.07) is 1.82. The van der Waals surface area contributed by atoms with Crippen LogP contribution in [0.25, 0.3) is 0 Å². The van der Waals surface area contributed by atoms with Crippen LogP contribution in [0.3, 0.4) is 0 Å². The van der Waals surface area contributed by atoms with Crippen molar-refractivity contribution >= 4 is 23.7 Å². The Bertz CT molecular complexity index is 1330. The van der Waals surface area contributed by atoms with Gasteiger partial charge < -0.3 is 18.6 Å². The largest absolute Gasteiger partial charge is 0.472 e. The summed E-state index contributed by atoms with van der Waals surface area (Å²) in [5, 5.41) is 0. The molecule has 1 aromatic rings.